The Balaban J connectivity index is 1.55. The van der Waals surface area contributed by atoms with Crippen molar-refractivity contribution in [3.8, 4) is 11.8 Å². The van der Waals surface area contributed by atoms with E-state index >= 15 is 0 Å². The normalized spacial score (nSPS) is 18.9. The molecule has 0 aliphatic carbocycles. The van der Waals surface area contributed by atoms with Gasteiger partial charge >= 0.3 is 6.01 Å². The summed E-state index contributed by atoms with van der Waals surface area (Å²) in [5, 5.41) is 0. The molecule has 0 aromatic carbocycles. The van der Waals surface area contributed by atoms with E-state index in [-0.39, 0.29) is 6.10 Å². The molecule has 3 heterocycles. The lowest BCUT2D eigenvalue weighted by Gasteiger charge is -2.32. The first-order valence-corrected chi connectivity index (χ1v) is 7.47. The van der Waals surface area contributed by atoms with Gasteiger partial charge in [-0.25, -0.2) is 0 Å². The molecule has 0 N–H and O–H groups in total. The minimum Gasteiger partial charge on any atom is -0.494 e. The Morgan fingerprint density at radius 3 is 2.73 bits per heavy atom. The van der Waals surface area contributed by atoms with Gasteiger partial charge in [-0.3, -0.25) is 9.88 Å². The molecule has 6 nitrogen and oxygen atoms in total. The average molecular weight is 300 g/mol. The van der Waals surface area contributed by atoms with Crippen molar-refractivity contribution >= 4 is 0 Å². The minimum atomic E-state index is 0.129. The van der Waals surface area contributed by atoms with Gasteiger partial charge in [-0.05, 0) is 37.1 Å². The predicted octanol–water partition coefficient (Wildman–Crippen LogP) is 1.92. The van der Waals surface area contributed by atoms with E-state index in [0.717, 1.165) is 32.5 Å². The first-order chi connectivity index (χ1) is 10.8. The highest BCUT2D eigenvalue weighted by Crippen LogP contribution is 2.18. The number of hydrogen-bond acceptors (Lipinski definition) is 6. The third-order valence-electron chi connectivity index (χ3n) is 3.73. The van der Waals surface area contributed by atoms with Crippen LogP contribution in [0.5, 0.6) is 11.8 Å². The van der Waals surface area contributed by atoms with Gasteiger partial charge in [-0.15, -0.1) is 0 Å². The number of methoxy groups -OCH3 is 1. The van der Waals surface area contributed by atoms with Crippen LogP contribution in [0.3, 0.4) is 0 Å². The maximum Gasteiger partial charge on any atom is 0.316 e. The van der Waals surface area contributed by atoms with Crippen LogP contribution < -0.4 is 9.47 Å². The molecular weight excluding hydrogens is 280 g/mol. The number of pyridine rings is 1. The van der Waals surface area contributed by atoms with Crippen LogP contribution in [-0.4, -0.2) is 46.2 Å². The predicted molar refractivity (Wildman–Crippen MR) is 81.7 cm³/mol. The lowest BCUT2D eigenvalue weighted by atomic mass is 10.1. The van der Waals surface area contributed by atoms with Crippen LogP contribution in [0.2, 0.25) is 0 Å². The van der Waals surface area contributed by atoms with Crippen LogP contribution in [-0.2, 0) is 6.54 Å². The monoisotopic (exact) mass is 300 g/mol. The molecule has 0 saturated carbocycles. The maximum absolute atomic E-state index is 5.89. The molecule has 3 rings (SSSR count). The van der Waals surface area contributed by atoms with Crippen LogP contribution in [0, 0.1) is 0 Å². The lowest BCUT2D eigenvalue weighted by molar-refractivity contribution is 0.0769. The molecule has 22 heavy (non-hydrogen) atoms. The highest BCUT2D eigenvalue weighted by atomic mass is 16.5. The van der Waals surface area contributed by atoms with Crippen molar-refractivity contribution in [3.63, 3.8) is 0 Å². The first-order valence-electron chi connectivity index (χ1n) is 7.47. The number of rotatable bonds is 5. The van der Waals surface area contributed by atoms with E-state index in [1.807, 2.05) is 12.4 Å². The smallest absolute Gasteiger partial charge is 0.316 e. The molecule has 2 aromatic rings. The van der Waals surface area contributed by atoms with E-state index in [4.69, 9.17) is 9.47 Å². The minimum absolute atomic E-state index is 0.129. The molecule has 1 fully saturated rings. The van der Waals surface area contributed by atoms with Gasteiger partial charge in [0.1, 0.15) is 6.10 Å². The Morgan fingerprint density at radius 1 is 1.23 bits per heavy atom. The van der Waals surface area contributed by atoms with E-state index < -0.39 is 0 Å². The van der Waals surface area contributed by atoms with Crippen LogP contribution in [0.4, 0.5) is 0 Å². The summed E-state index contributed by atoms with van der Waals surface area (Å²) in [6.07, 6.45) is 9.19. The SMILES string of the molecule is COc1cnc(OC2CCCN(Cc3ccncc3)C2)nc1. The second kappa shape index (κ2) is 7.17. The summed E-state index contributed by atoms with van der Waals surface area (Å²) in [6.45, 7) is 2.90. The highest BCUT2D eigenvalue weighted by molar-refractivity contribution is 5.14. The van der Waals surface area contributed by atoms with Crippen molar-refractivity contribution in [1.29, 1.82) is 0 Å². The zero-order valence-electron chi connectivity index (χ0n) is 12.7. The number of piperidine rings is 1. The molecule has 1 aliphatic heterocycles. The molecule has 1 saturated heterocycles. The van der Waals surface area contributed by atoms with Crippen molar-refractivity contribution in [2.75, 3.05) is 20.2 Å². The fourth-order valence-corrected chi connectivity index (χ4v) is 2.62. The zero-order chi connectivity index (χ0) is 15.2. The van der Waals surface area contributed by atoms with Crippen LogP contribution in [0.25, 0.3) is 0 Å². The second-order valence-corrected chi connectivity index (χ2v) is 5.38. The van der Waals surface area contributed by atoms with E-state index in [9.17, 15) is 0 Å². The topological polar surface area (TPSA) is 60.4 Å². The first kappa shape index (κ1) is 14.7. The van der Waals surface area contributed by atoms with Crippen molar-refractivity contribution in [2.45, 2.75) is 25.5 Å². The molecule has 116 valence electrons. The summed E-state index contributed by atoms with van der Waals surface area (Å²) in [7, 11) is 1.59. The Morgan fingerprint density at radius 2 is 2.00 bits per heavy atom. The van der Waals surface area contributed by atoms with Gasteiger partial charge in [0.05, 0.1) is 19.5 Å². The summed E-state index contributed by atoms with van der Waals surface area (Å²) >= 11 is 0. The Hall–Kier alpha value is -2.21. The molecule has 0 bridgehead atoms. The Bertz CT molecular complexity index is 576. The van der Waals surface area contributed by atoms with Gasteiger partial charge in [0, 0.05) is 25.5 Å². The van der Waals surface area contributed by atoms with Crippen molar-refractivity contribution < 1.29 is 9.47 Å². The summed E-state index contributed by atoms with van der Waals surface area (Å²) < 4.78 is 10.9. The molecule has 2 aromatic heterocycles. The van der Waals surface area contributed by atoms with Crippen LogP contribution in [0.1, 0.15) is 18.4 Å². The third-order valence-corrected chi connectivity index (χ3v) is 3.73. The number of aromatic nitrogens is 3. The fraction of sp³-hybridized carbons (Fsp3) is 0.438. The van der Waals surface area contributed by atoms with E-state index in [1.165, 1.54) is 5.56 Å². The lowest BCUT2D eigenvalue weighted by Crippen LogP contribution is -2.40. The molecule has 0 radical (unpaired) electrons. The van der Waals surface area contributed by atoms with E-state index in [1.54, 1.807) is 19.5 Å². The van der Waals surface area contributed by atoms with Crippen molar-refractivity contribution in [2.24, 2.45) is 0 Å². The Kier molecular flexibility index (Phi) is 4.80. The van der Waals surface area contributed by atoms with Gasteiger partial charge in [-0.2, -0.15) is 9.97 Å². The summed E-state index contributed by atoms with van der Waals surface area (Å²) in [5.74, 6) is 0.635. The quantitative estimate of drug-likeness (QED) is 0.841. The molecule has 1 unspecified atom stereocenters. The largest absolute Gasteiger partial charge is 0.494 e. The number of nitrogens with zero attached hydrogens (tertiary/aromatic N) is 4. The Labute approximate surface area is 130 Å². The number of likely N-dealkylation sites (tertiary alicyclic amines) is 1. The molecule has 0 spiro atoms. The number of ether oxygens (including phenoxy) is 2. The molecular formula is C16H20N4O2. The zero-order valence-corrected chi connectivity index (χ0v) is 12.7. The summed E-state index contributed by atoms with van der Waals surface area (Å²) in [4.78, 5) is 14.8. The molecule has 0 amide bonds. The number of hydrogen-bond donors (Lipinski definition) is 0. The van der Waals surface area contributed by atoms with Crippen molar-refractivity contribution in [3.05, 3.63) is 42.5 Å². The van der Waals surface area contributed by atoms with Gasteiger partial charge in [-0.1, -0.05) is 0 Å². The molecule has 6 heteroatoms. The van der Waals surface area contributed by atoms with Gasteiger partial charge in [0.2, 0.25) is 0 Å². The van der Waals surface area contributed by atoms with Gasteiger partial charge in [0.15, 0.2) is 5.75 Å². The standard InChI is InChI=1S/C16H20N4O2/c1-21-15-9-18-16(19-10-15)22-14-3-2-8-20(12-14)11-13-4-6-17-7-5-13/h4-7,9-10,14H,2-3,8,11-12H2,1H3. The van der Waals surface area contributed by atoms with Gasteiger partial charge < -0.3 is 9.47 Å². The third kappa shape index (κ3) is 3.92. The fourth-order valence-electron chi connectivity index (χ4n) is 2.62. The van der Waals surface area contributed by atoms with Crippen LogP contribution >= 0.6 is 0 Å². The second-order valence-electron chi connectivity index (χ2n) is 5.38. The highest BCUT2D eigenvalue weighted by Gasteiger charge is 2.22. The molecule has 1 aliphatic rings. The molecule has 1 atom stereocenters. The van der Waals surface area contributed by atoms with Crippen molar-refractivity contribution in [1.82, 2.24) is 19.9 Å². The van der Waals surface area contributed by atoms with Crippen LogP contribution in [0.15, 0.2) is 36.9 Å². The summed E-state index contributed by atoms with van der Waals surface area (Å²) in [6, 6.07) is 4.52. The summed E-state index contributed by atoms with van der Waals surface area (Å²) in [5.41, 5.74) is 1.27. The van der Waals surface area contributed by atoms with E-state index in [0.29, 0.717) is 11.8 Å². The van der Waals surface area contributed by atoms with E-state index in [2.05, 4.69) is 32.0 Å². The van der Waals surface area contributed by atoms with Gasteiger partial charge in [0.25, 0.3) is 0 Å². The maximum atomic E-state index is 5.89. The average Bonchev–Trinajstić information content (AvgIpc) is 2.57.